The molecule has 3 N–H and O–H groups in total. The number of nitrogens with one attached hydrogen (secondary N) is 1. The Hall–Kier alpha value is -1.26. The summed E-state index contributed by atoms with van der Waals surface area (Å²) in [7, 11) is 5.25. The van der Waals surface area contributed by atoms with Crippen LogP contribution in [0, 0.1) is 5.41 Å². The summed E-state index contributed by atoms with van der Waals surface area (Å²) in [6.45, 7) is 4.86. The average molecular weight is 252 g/mol. The average Bonchev–Trinajstić information content (AvgIpc) is 2.39. The lowest BCUT2D eigenvalue weighted by Gasteiger charge is -2.34. The number of ether oxygens (including phenoxy) is 2. The van der Waals surface area contributed by atoms with E-state index in [0.717, 1.165) is 17.1 Å². The van der Waals surface area contributed by atoms with Gasteiger partial charge in [-0.15, -0.1) is 0 Å². The molecule has 0 radical (unpaired) electrons. The van der Waals surface area contributed by atoms with E-state index in [1.54, 1.807) is 14.2 Å². The van der Waals surface area contributed by atoms with Crippen molar-refractivity contribution < 1.29 is 9.47 Å². The van der Waals surface area contributed by atoms with Gasteiger partial charge in [0, 0.05) is 17.7 Å². The van der Waals surface area contributed by atoms with Crippen LogP contribution in [0.5, 0.6) is 11.5 Å². The van der Waals surface area contributed by atoms with Gasteiger partial charge in [0.25, 0.3) is 0 Å². The van der Waals surface area contributed by atoms with E-state index in [-0.39, 0.29) is 11.5 Å². The molecule has 0 bridgehead atoms. The van der Waals surface area contributed by atoms with Crippen molar-refractivity contribution in [2.75, 3.05) is 27.8 Å². The molecule has 0 saturated carbocycles. The highest BCUT2D eigenvalue weighted by Gasteiger charge is 2.30. The summed E-state index contributed by atoms with van der Waals surface area (Å²) in [5.74, 6) is 1.60. The Labute approximate surface area is 109 Å². The molecule has 4 heteroatoms. The van der Waals surface area contributed by atoms with E-state index < -0.39 is 0 Å². The summed E-state index contributed by atoms with van der Waals surface area (Å²) in [4.78, 5) is 0. The van der Waals surface area contributed by atoms with Gasteiger partial charge in [0.2, 0.25) is 0 Å². The third kappa shape index (κ3) is 2.94. The molecule has 18 heavy (non-hydrogen) atoms. The number of benzene rings is 1. The van der Waals surface area contributed by atoms with Gasteiger partial charge in [-0.1, -0.05) is 19.9 Å². The highest BCUT2D eigenvalue weighted by molar-refractivity contribution is 5.43. The van der Waals surface area contributed by atoms with Crippen LogP contribution in [-0.2, 0) is 0 Å². The van der Waals surface area contributed by atoms with Gasteiger partial charge in [-0.2, -0.15) is 0 Å². The Balaban J connectivity index is 3.21. The fourth-order valence-electron chi connectivity index (χ4n) is 2.14. The monoisotopic (exact) mass is 252 g/mol. The van der Waals surface area contributed by atoms with Crippen LogP contribution in [0.15, 0.2) is 18.2 Å². The molecule has 0 saturated heterocycles. The zero-order valence-electron chi connectivity index (χ0n) is 11.9. The summed E-state index contributed by atoms with van der Waals surface area (Å²) in [5.41, 5.74) is 6.90. The Morgan fingerprint density at radius 3 is 2.39 bits per heavy atom. The molecular formula is C14H24N2O2. The minimum atomic E-state index is -0.0589. The van der Waals surface area contributed by atoms with Gasteiger partial charge in [0.15, 0.2) is 0 Å². The van der Waals surface area contributed by atoms with Crippen molar-refractivity contribution in [2.24, 2.45) is 11.1 Å². The number of rotatable bonds is 6. The number of hydrogen-bond acceptors (Lipinski definition) is 4. The molecule has 0 aliphatic heterocycles. The molecule has 0 aliphatic rings. The third-order valence-corrected chi connectivity index (χ3v) is 3.35. The number of methoxy groups -OCH3 is 2. The van der Waals surface area contributed by atoms with Crippen LogP contribution < -0.4 is 20.5 Å². The van der Waals surface area contributed by atoms with Gasteiger partial charge in [-0.05, 0) is 25.1 Å². The van der Waals surface area contributed by atoms with Gasteiger partial charge >= 0.3 is 0 Å². The van der Waals surface area contributed by atoms with E-state index in [1.165, 1.54) is 0 Å². The summed E-state index contributed by atoms with van der Waals surface area (Å²) < 4.78 is 10.7. The first-order chi connectivity index (χ1) is 8.50. The van der Waals surface area contributed by atoms with Crippen LogP contribution in [0.4, 0.5) is 0 Å². The van der Waals surface area contributed by atoms with Gasteiger partial charge < -0.3 is 20.5 Å². The Morgan fingerprint density at radius 1 is 1.28 bits per heavy atom. The van der Waals surface area contributed by atoms with E-state index >= 15 is 0 Å². The largest absolute Gasteiger partial charge is 0.497 e. The van der Waals surface area contributed by atoms with Crippen LogP contribution in [0.2, 0.25) is 0 Å². The molecule has 0 fully saturated rings. The first-order valence-electron chi connectivity index (χ1n) is 6.09. The Morgan fingerprint density at radius 2 is 1.94 bits per heavy atom. The molecule has 0 aromatic heterocycles. The first kappa shape index (κ1) is 14.8. The second-order valence-corrected chi connectivity index (χ2v) is 5.02. The van der Waals surface area contributed by atoms with Crippen molar-refractivity contribution in [3.63, 3.8) is 0 Å². The maximum atomic E-state index is 5.86. The minimum Gasteiger partial charge on any atom is -0.497 e. The lowest BCUT2D eigenvalue weighted by atomic mass is 9.80. The zero-order valence-corrected chi connectivity index (χ0v) is 11.9. The second-order valence-electron chi connectivity index (χ2n) is 5.02. The fourth-order valence-corrected chi connectivity index (χ4v) is 2.14. The molecule has 1 atom stereocenters. The van der Waals surface area contributed by atoms with Crippen molar-refractivity contribution >= 4 is 0 Å². The smallest absolute Gasteiger partial charge is 0.127 e. The second kappa shape index (κ2) is 6.07. The van der Waals surface area contributed by atoms with Crippen LogP contribution in [0.3, 0.4) is 0 Å². The van der Waals surface area contributed by atoms with Crippen LogP contribution >= 0.6 is 0 Å². The molecule has 0 spiro atoms. The molecule has 1 aromatic rings. The predicted molar refractivity (Wildman–Crippen MR) is 74.2 cm³/mol. The molecule has 1 aromatic carbocycles. The molecule has 1 unspecified atom stereocenters. The topological polar surface area (TPSA) is 56.5 Å². The standard InChI is InChI=1S/C14H24N2O2/c1-14(2,9-15)13(16-3)11-7-6-10(17-4)8-12(11)18-5/h6-8,13,16H,9,15H2,1-5H3. The molecule has 0 amide bonds. The lowest BCUT2D eigenvalue weighted by Crippen LogP contribution is -2.37. The highest BCUT2D eigenvalue weighted by Crippen LogP contribution is 2.38. The van der Waals surface area contributed by atoms with Gasteiger partial charge in [0.05, 0.1) is 14.2 Å². The maximum Gasteiger partial charge on any atom is 0.127 e. The normalized spacial score (nSPS) is 13.2. The molecule has 102 valence electrons. The molecule has 4 nitrogen and oxygen atoms in total. The molecule has 1 rings (SSSR count). The van der Waals surface area contributed by atoms with Crippen molar-refractivity contribution in [1.82, 2.24) is 5.32 Å². The predicted octanol–water partition coefficient (Wildman–Crippen LogP) is 1.95. The summed E-state index contributed by atoms with van der Waals surface area (Å²) in [6, 6.07) is 5.99. The van der Waals surface area contributed by atoms with Gasteiger partial charge in [0.1, 0.15) is 11.5 Å². The van der Waals surface area contributed by atoms with Gasteiger partial charge in [-0.3, -0.25) is 0 Å². The molecule has 0 aliphatic carbocycles. The Kier molecular flexibility index (Phi) is 4.99. The van der Waals surface area contributed by atoms with Crippen molar-refractivity contribution in [2.45, 2.75) is 19.9 Å². The molecular weight excluding hydrogens is 228 g/mol. The van der Waals surface area contributed by atoms with Crippen LogP contribution in [-0.4, -0.2) is 27.8 Å². The molecule has 0 heterocycles. The fraction of sp³-hybridized carbons (Fsp3) is 0.571. The number of hydrogen-bond donors (Lipinski definition) is 2. The van der Waals surface area contributed by atoms with Crippen molar-refractivity contribution in [1.29, 1.82) is 0 Å². The Bertz CT molecular complexity index is 391. The summed E-state index contributed by atoms with van der Waals surface area (Å²) >= 11 is 0. The van der Waals surface area contributed by atoms with Crippen LogP contribution in [0.25, 0.3) is 0 Å². The highest BCUT2D eigenvalue weighted by atomic mass is 16.5. The van der Waals surface area contributed by atoms with Gasteiger partial charge in [-0.25, -0.2) is 0 Å². The third-order valence-electron chi connectivity index (χ3n) is 3.35. The van der Waals surface area contributed by atoms with Crippen molar-refractivity contribution in [3.8, 4) is 11.5 Å². The SMILES string of the molecule is CNC(c1ccc(OC)cc1OC)C(C)(C)CN. The van der Waals surface area contributed by atoms with Crippen LogP contribution in [0.1, 0.15) is 25.5 Å². The quantitative estimate of drug-likeness (QED) is 0.812. The van der Waals surface area contributed by atoms with E-state index in [1.807, 2.05) is 25.2 Å². The number of nitrogens with two attached hydrogens (primary N) is 1. The minimum absolute atomic E-state index is 0.0589. The first-order valence-corrected chi connectivity index (χ1v) is 6.09. The lowest BCUT2D eigenvalue weighted by molar-refractivity contribution is 0.258. The summed E-state index contributed by atoms with van der Waals surface area (Å²) in [5, 5.41) is 3.32. The zero-order chi connectivity index (χ0) is 13.8. The van der Waals surface area contributed by atoms with E-state index in [0.29, 0.717) is 6.54 Å². The van der Waals surface area contributed by atoms with Crippen molar-refractivity contribution in [3.05, 3.63) is 23.8 Å². The van der Waals surface area contributed by atoms with E-state index in [2.05, 4.69) is 19.2 Å². The summed E-state index contributed by atoms with van der Waals surface area (Å²) in [6.07, 6.45) is 0. The maximum absolute atomic E-state index is 5.86. The van der Waals surface area contributed by atoms with E-state index in [4.69, 9.17) is 15.2 Å². The van der Waals surface area contributed by atoms with E-state index in [9.17, 15) is 0 Å².